The highest BCUT2D eigenvalue weighted by Gasteiger charge is 2.33. The third-order valence-corrected chi connectivity index (χ3v) is 4.24. The predicted octanol–water partition coefficient (Wildman–Crippen LogP) is 1.06. The smallest absolute Gasteiger partial charge is 0.240 e. The van der Waals surface area contributed by atoms with E-state index in [1.807, 2.05) is 12.3 Å². The van der Waals surface area contributed by atoms with Crippen molar-refractivity contribution in [1.82, 2.24) is 9.88 Å². The number of likely N-dealkylation sites (tertiary alicyclic amines) is 1. The Labute approximate surface area is 111 Å². The molecule has 18 heavy (non-hydrogen) atoms. The fourth-order valence-corrected chi connectivity index (χ4v) is 2.91. The lowest BCUT2D eigenvalue weighted by atomic mass is 9.90. The number of thiazole rings is 1. The number of aromatic nitrogens is 1. The summed E-state index contributed by atoms with van der Waals surface area (Å²) >= 11 is 1.46. The second kappa shape index (κ2) is 5.34. The highest BCUT2D eigenvalue weighted by molar-refractivity contribution is 7.13. The van der Waals surface area contributed by atoms with Gasteiger partial charge in [0.2, 0.25) is 5.91 Å². The summed E-state index contributed by atoms with van der Waals surface area (Å²) in [5.74, 6) is 0.00521. The Morgan fingerprint density at radius 3 is 3.06 bits per heavy atom. The van der Waals surface area contributed by atoms with Crippen molar-refractivity contribution in [2.45, 2.75) is 20.3 Å². The number of nitrogens with two attached hydrogens (primary N) is 1. The molecule has 6 heteroatoms. The Morgan fingerprint density at radius 1 is 1.72 bits per heavy atom. The van der Waals surface area contributed by atoms with E-state index in [1.54, 1.807) is 0 Å². The molecule has 2 heterocycles. The van der Waals surface area contributed by atoms with Crippen LogP contribution in [0.2, 0.25) is 0 Å². The molecule has 1 amide bonds. The molecule has 1 aromatic rings. The Bertz CT molecular complexity index is 433. The Hall–Kier alpha value is -0.980. The molecule has 1 fully saturated rings. The molecule has 1 atom stereocenters. The molecule has 0 saturated carbocycles. The summed E-state index contributed by atoms with van der Waals surface area (Å²) in [7, 11) is 0. The molecule has 5 nitrogen and oxygen atoms in total. The third-order valence-electron chi connectivity index (χ3n) is 3.36. The van der Waals surface area contributed by atoms with E-state index in [9.17, 15) is 4.79 Å². The van der Waals surface area contributed by atoms with Crippen LogP contribution in [-0.4, -0.2) is 42.0 Å². The number of carbonyl (C=O) groups excluding carboxylic acids is 1. The van der Waals surface area contributed by atoms with Gasteiger partial charge < -0.3 is 11.1 Å². The van der Waals surface area contributed by atoms with E-state index < -0.39 is 0 Å². The van der Waals surface area contributed by atoms with Crippen LogP contribution in [0.3, 0.4) is 0 Å². The van der Waals surface area contributed by atoms with Gasteiger partial charge >= 0.3 is 0 Å². The minimum atomic E-state index is 0.00521. The van der Waals surface area contributed by atoms with Gasteiger partial charge in [0.1, 0.15) is 0 Å². The van der Waals surface area contributed by atoms with Crippen LogP contribution in [0.1, 0.15) is 19.0 Å². The Kier molecular flexibility index (Phi) is 3.99. The number of carbonyl (C=O) groups is 1. The van der Waals surface area contributed by atoms with Crippen molar-refractivity contribution >= 4 is 22.4 Å². The quantitative estimate of drug-likeness (QED) is 0.856. The van der Waals surface area contributed by atoms with Crippen LogP contribution in [0.15, 0.2) is 5.38 Å². The van der Waals surface area contributed by atoms with Gasteiger partial charge in [-0.1, -0.05) is 6.92 Å². The molecule has 0 bridgehead atoms. The van der Waals surface area contributed by atoms with Crippen molar-refractivity contribution in [2.75, 3.05) is 31.5 Å². The fraction of sp³-hybridized carbons (Fsp3) is 0.667. The van der Waals surface area contributed by atoms with Crippen molar-refractivity contribution in [1.29, 1.82) is 0 Å². The summed E-state index contributed by atoms with van der Waals surface area (Å²) in [6, 6.07) is 0. The van der Waals surface area contributed by atoms with Gasteiger partial charge in [-0.2, -0.15) is 0 Å². The molecular formula is C12H20N4OS. The second-order valence-corrected chi connectivity index (χ2v) is 6.18. The van der Waals surface area contributed by atoms with Gasteiger partial charge in [0.25, 0.3) is 0 Å². The molecule has 0 aliphatic carbocycles. The molecule has 1 aliphatic rings. The fourth-order valence-electron chi connectivity index (χ4n) is 2.20. The topological polar surface area (TPSA) is 71.2 Å². The number of nitrogens with one attached hydrogen (secondary N) is 1. The van der Waals surface area contributed by atoms with Gasteiger partial charge in [-0.25, -0.2) is 4.98 Å². The van der Waals surface area contributed by atoms with E-state index in [1.165, 1.54) is 11.3 Å². The highest BCUT2D eigenvalue weighted by Crippen LogP contribution is 2.28. The number of amides is 1. The van der Waals surface area contributed by atoms with Gasteiger partial charge in [-0.15, -0.1) is 11.3 Å². The maximum absolute atomic E-state index is 11.9. The van der Waals surface area contributed by atoms with E-state index in [0.29, 0.717) is 18.2 Å². The zero-order chi connectivity index (χ0) is 13.2. The van der Waals surface area contributed by atoms with Gasteiger partial charge in [0.15, 0.2) is 5.13 Å². The minimum Gasteiger partial charge on any atom is -0.330 e. The zero-order valence-electron chi connectivity index (χ0n) is 10.9. The largest absolute Gasteiger partial charge is 0.330 e. The van der Waals surface area contributed by atoms with Gasteiger partial charge in [-0.3, -0.25) is 9.69 Å². The predicted molar refractivity (Wildman–Crippen MR) is 73.7 cm³/mol. The molecule has 3 N–H and O–H groups in total. The standard InChI is InChI=1S/C12H20N4OS/c1-9-6-18-11(14-9)15-10(17)5-16-4-3-12(2,7-13)8-16/h6H,3-5,7-8,13H2,1-2H3,(H,14,15,17). The average molecular weight is 268 g/mol. The number of hydrogen-bond acceptors (Lipinski definition) is 5. The van der Waals surface area contributed by atoms with Crippen LogP contribution < -0.4 is 11.1 Å². The van der Waals surface area contributed by atoms with Gasteiger partial charge in [0.05, 0.1) is 12.2 Å². The van der Waals surface area contributed by atoms with Crippen LogP contribution in [0.4, 0.5) is 5.13 Å². The van der Waals surface area contributed by atoms with Crippen molar-refractivity contribution in [3.05, 3.63) is 11.1 Å². The summed E-state index contributed by atoms with van der Waals surface area (Å²) in [5, 5.41) is 5.44. The maximum Gasteiger partial charge on any atom is 0.240 e. The van der Waals surface area contributed by atoms with E-state index in [2.05, 4.69) is 22.1 Å². The maximum atomic E-state index is 11.9. The highest BCUT2D eigenvalue weighted by atomic mass is 32.1. The molecule has 0 spiro atoms. The van der Waals surface area contributed by atoms with Crippen LogP contribution in [-0.2, 0) is 4.79 Å². The summed E-state index contributed by atoms with van der Waals surface area (Å²) < 4.78 is 0. The molecule has 1 unspecified atom stereocenters. The zero-order valence-corrected chi connectivity index (χ0v) is 11.7. The van der Waals surface area contributed by atoms with Crippen LogP contribution in [0, 0.1) is 12.3 Å². The van der Waals surface area contributed by atoms with E-state index in [0.717, 1.165) is 25.2 Å². The van der Waals surface area contributed by atoms with Crippen molar-refractivity contribution in [3.63, 3.8) is 0 Å². The Balaban J connectivity index is 1.82. The monoisotopic (exact) mass is 268 g/mol. The van der Waals surface area contributed by atoms with Gasteiger partial charge in [-0.05, 0) is 31.8 Å². The Morgan fingerprint density at radius 2 is 2.50 bits per heavy atom. The minimum absolute atomic E-state index is 0.00521. The van der Waals surface area contributed by atoms with Crippen LogP contribution in [0.25, 0.3) is 0 Å². The van der Waals surface area contributed by atoms with E-state index >= 15 is 0 Å². The van der Waals surface area contributed by atoms with Crippen LogP contribution >= 0.6 is 11.3 Å². The summed E-state index contributed by atoms with van der Waals surface area (Å²) in [6.45, 7) is 7.03. The molecule has 1 saturated heterocycles. The molecular weight excluding hydrogens is 248 g/mol. The van der Waals surface area contributed by atoms with Crippen molar-refractivity contribution in [3.8, 4) is 0 Å². The normalized spacial score (nSPS) is 24.4. The summed E-state index contributed by atoms with van der Waals surface area (Å²) in [4.78, 5) is 18.2. The van der Waals surface area contributed by atoms with Crippen molar-refractivity contribution in [2.24, 2.45) is 11.1 Å². The number of hydrogen-bond donors (Lipinski definition) is 2. The lowest BCUT2D eigenvalue weighted by Crippen LogP contribution is -2.35. The third kappa shape index (κ3) is 3.28. The number of rotatable bonds is 4. The number of anilines is 1. The first-order valence-electron chi connectivity index (χ1n) is 6.15. The summed E-state index contributed by atoms with van der Waals surface area (Å²) in [5.41, 5.74) is 6.85. The SMILES string of the molecule is Cc1csc(NC(=O)CN2CCC(C)(CN)C2)n1. The molecule has 2 rings (SSSR count). The van der Waals surface area contributed by atoms with E-state index in [-0.39, 0.29) is 11.3 Å². The number of nitrogens with zero attached hydrogens (tertiary/aromatic N) is 2. The average Bonchev–Trinajstić information content (AvgIpc) is 2.87. The van der Waals surface area contributed by atoms with E-state index in [4.69, 9.17) is 5.73 Å². The molecule has 0 aromatic carbocycles. The van der Waals surface area contributed by atoms with Crippen LogP contribution in [0.5, 0.6) is 0 Å². The number of aryl methyl sites for hydroxylation is 1. The molecule has 100 valence electrons. The lowest BCUT2D eigenvalue weighted by Gasteiger charge is -2.22. The lowest BCUT2D eigenvalue weighted by molar-refractivity contribution is -0.117. The molecule has 1 aromatic heterocycles. The van der Waals surface area contributed by atoms with Gasteiger partial charge in [0, 0.05) is 11.9 Å². The first kappa shape index (κ1) is 13.5. The first-order valence-corrected chi connectivity index (χ1v) is 7.03. The second-order valence-electron chi connectivity index (χ2n) is 5.32. The molecule has 1 aliphatic heterocycles. The summed E-state index contributed by atoms with van der Waals surface area (Å²) in [6.07, 6.45) is 1.06. The first-order chi connectivity index (χ1) is 8.50. The molecule has 0 radical (unpaired) electrons. The van der Waals surface area contributed by atoms with Crippen molar-refractivity contribution < 1.29 is 4.79 Å².